The number of aliphatic imine (C=N–C) groups is 2. The van der Waals surface area contributed by atoms with Crippen LogP contribution >= 0.6 is 22.7 Å². The van der Waals surface area contributed by atoms with Crippen molar-refractivity contribution in [1.29, 1.82) is 0 Å². The zero-order valence-corrected chi connectivity index (χ0v) is 15.4. The molecule has 0 amide bonds. The number of hydrogen-bond donors (Lipinski definition) is 0. The summed E-state index contributed by atoms with van der Waals surface area (Å²) in [5.74, 6) is 1.61. The molecule has 122 valence electrons. The Bertz CT molecular complexity index is 930. The number of aryl methyl sites for hydroxylation is 1. The third kappa shape index (κ3) is 3.44. The fraction of sp³-hybridized carbons (Fsp3) is 0.167. The van der Waals surface area contributed by atoms with Crippen molar-refractivity contribution in [2.24, 2.45) is 15.0 Å². The van der Waals surface area contributed by atoms with E-state index in [0.717, 1.165) is 32.5 Å². The zero-order valence-electron chi connectivity index (χ0n) is 13.8. The third-order valence-corrected chi connectivity index (χ3v) is 5.16. The minimum atomic E-state index is 0.726. The first-order chi connectivity index (χ1) is 11.7. The molecule has 4 nitrogen and oxygen atoms in total. The molecule has 0 aliphatic carbocycles. The summed E-state index contributed by atoms with van der Waals surface area (Å²) in [5, 5.41) is 4.09. The van der Waals surface area contributed by atoms with E-state index in [-0.39, 0.29) is 0 Å². The second kappa shape index (κ2) is 7.51. The second-order valence-electron chi connectivity index (χ2n) is 5.10. The number of nitrogens with zero attached hydrogens (tertiary/aromatic N) is 4. The molecule has 0 aliphatic rings. The molecule has 24 heavy (non-hydrogen) atoms. The van der Waals surface area contributed by atoms with Gasteiger partial charge in [-0.25, -0.2) is 4.99 Å². The van der Waals surface area contributed by atoms with E-state index in [9.17, 15) is 0 Å². The van der Waals surface area contributed by atoms with E-state index in [2.05, 4.69) is 40.6 Å². The minimum Gasteiger partial charge on any atom is -0.285 e. The Labute approximate surface area is 149 Å². The standard InChI is InChI=1S/C18H18N4S2/c1-13-8-9-16(21-17(19-2)14-6-4-10-23-14)22(12-13)18(20-3)15-7-5-11-24-15/h4-12H,1-3H3. The van der Waals surface area contributed by atoms with Crippen LogP contribution in [0.2, 0.25) is 0 Å². The first-order valence-electron chi connectivity index (χ1n) is 7.48. The normalized spacial score (nSPS) is 13.5. The molecule has 0 saturated heterocycles. The van der Waals surface area contributed by atoms with Gasteiger partial charge >= 0.3 is 0 Å². The lowest BCUT2D eigenvalue weighted by molar-refractivity contribution is 0.994. The number of thiophene rings is 2. The molecule has 3 aromatic rings. The predicted molar refractivity (Wildman–Crippen MR) is 104 cm³/mol. The van der Waals surface area contributed by atoms with E-state index < -0.39 is 0 Å². The quantitative estimate of drug-likeness (QED) is 0.496. The fourth-order valence-electron chi connectivity index (χ4n) is 2.33. The largest absolute Gasteiger partial charge is 0.285 e. The molecule has 0 aromatic carbocycles. The summed E-state index contributed by atoms with van der Waals surface area (Å²) in [5.41, 5.74) is 1.96. The number of pyridine rings is 1. The highest BCUT2D eigenvalue weighted by molar-refractivity contribution is 7.12. The average Bonchev–Trinajstić information content (AvgIpc) is 3.29. The lowest BCUT2D eigenvalue weighted by Gasteiger charge is -2.10. The van der Waals surface area contributed by atoms with Crippen molar-refractivity contribution in [3.63, 3.8) is 0 Å². The maximum absolute atomic E-state index is 4.79. The highest BCUT2D eigenvalue weighted by atomic mass is 32.1. The highest BCUT2D eigenvalue weighted by Gasteiger charge is 2.09. The molecule has 3 rings (SSSR count). The average molecular weight is 355 g/mol. The number of rotatable bonds is 2. The highest BCUT2D eigenvalue weighted by Crippen LogP contribution is 2.12. The van der Waals surface area contributed by atoms with Crippen molar-refractivity contribution in [2.75, 3.05) is 14.1 Å². The smallest absolute Gasteiger partial charge is 0.166 e. The van der Waals surface area contributed by atoms with Crippen LogP contribution in [0.25, 0.3) is 0 Å². The van der Waals surface area contributed by atoms with Gasteiger partial charge in [0.25, 0.3) is 0 Å². The van der Waals surface area contributed by atoms with Crippen LogP contribution in [0.5, 0.6) is 0 Å². The van der Waals surface area contributed by atoms with Crippen molar-refractivity contribution in [3.05, 3.63) is 74.2 Å². The van der Waals surface area contributed by atoms with Crippen LogP contribution in [0.1, 0.15) is 15.3 Å². The Morgan fingerprint density at radius 1 is 0.917 bits per heavy atom. The van der Waals surface area contributed by atoms with E-state index in [1.807, 2.05) is 41.3 Å². The molecule has 0 radical (unpaired) electrons. The van der Waals surface area contributed by atoms with Gasteiger partial charge in [0.05, 0.1) is 9.75 Å². The number of hydrogen-bond acceptors (Lipinski definition) is 4. The lowest BCUT2D eigenvalue weighted by atomic mass is 10.3. The Kier molecular flexibility index (Phi) is 5.17. The lowest BCUT2D eigenvalue weighted by Crippen LogP contribution is -2.29. The molecule has 0 atom stereocenters. The SMILES string of the molecule is CN=C(N=c1ccc(C)cn1C(=NC)c1cccs1)c1cccs1. The summed E-state index contributed by atoms with van der Waals surface area (Å²) in [6.45, 7) is 2.07. The summed E-state index contributed by atoms with van der Waals surface area (Å²) < 4.78 is 2.03. The van der Waals surface area contributed by atoms with Gasteiger partial charge in [-0.3, -0.25) is 14.6 Å². The van der Waals surface area contributed by atoms with E-state index in [4.69, 9.17) is 4.99 Å². The van der Waals surface area contributed by atoms with Gasteiger partial charge in [-0.05, 0) is 41.4 Å². The van der Waals surface area contributed by atoms with E-state index in [0.29, 0.717) is 0 Å². The number of aromatic nitrogens is 1. The van der Waals surface area contributed by atoms with Crippen molar-refractivity contribution in [1.82, 2.24) is 4.57 Å². The molecule has 0 bridgehead atoms. The van der Waals surface area contributed by atoms with Gasteiger partial charge in [-0.1, -0.05) is 18.2 Å². The van der Waals surface area contributed by atoms with Crippen molar-refractivity contribution in [2.45, 2.75) is 6.92 Å². The molecular weight excluding hydrogens is 336 g/mol. The second-order valence-corrected chi connectivity index (χ2v) is 6.99. The van der Waals surface area contributed by atoms with Crippen molar-refractivity contribution in [3.8, 4) is 0 Å². The van der Waals surface area contributed by atoms with Gasteiger partial charge in [0.15, 0.2) is 11.7 Å². The maximum atomic E-state index is 4.79. The fourth-order valence-corrected chi connectivity index (χ4v) is 3.79. The zero-order chi connectivity index (χ0) is 16.9. The van der Waals surface area contributed by atoms with Crippen LogP contribution in [-0.2, 0) is 0 Å². The van der Waals surface area contributed by atoms with E-state index >= 15 is 0 Å². The Morgan fingerprint density at radius 3 is 2.21 bits per heavy atom. The first kappa shape index (κ1) is 16.5. The van der Waals surface area contributed by atoms with Crippen LogP contribution < -0.4 is 5.49 Å². The van der Waals surface area contributed by atoms with E-state index in [1.165, 1.54) is 0 Å². The molecule has 3 heterocycles. The molecule has 0 saturated carbocycles. The molecule has 3 aromatic heterocycles. The third-order valence-electron chi connectivity index (χ3n) is 3.43. The van der Waals surface area contributed by atoms with Crippen LogP contribution in [0.4, 0.5) is 0 Å². The monoisotopic (exact) mass is 354 g/mol. The van der Waals surface area contributed by atoms with Gasteiger partial charge in [-0.15, -0.1) is 22.7 Å². The van der Waals surface area contributed by atoms with Crippen LogP contribution in [0.15, 0.2) is 68.3 Å². The van der Waals surface area contributed by atoms with Gasteiger partial charge < -0.3 is 0 Å². The Balaban J connectivity index is 2.18. The molecule has 6 heteroatoms. The molecule has 0 N–H and O–H groups in total. The van der Waals surface area contributed by atoms with Gasteiger partial charge in [0.2, 0.25) is 0 Å². The molecule has 0 spiro atoms. The Morgan fingerprint density at radius 2 is 1.62 bits per heavy atom. The van der Waals surface area contributed by atoms with Gasteiger partial charge in [0.1, 0.15) is 5.49 Å². The van der Waals surface area contributed by atoms with E-state index in [1.54, 1.807) is 29.7 Å². The molecule has 0 fully saturated rings. The minimum absolute atomic E-state index is 0.726. The summed E-state index contributed by atoms with van der Waals surface area (Å²) in [4.78, 5) is 15.8. The molecule has 0 unspecified atom stereocenters. The summed E-state index contributed by atoms with van der Waals surface area (Å²) >= 11 is 3.30. The van der Waals surface area contributed by atoms with Crippen LogP contribution in [0, 0.1) is 6.92 Å². The summed E-state index contributed by atoms with van der Waals surface area (Å²) in [7, 11) is 3.58. The predicted octanol–water partition coefficient (Wildman–Crippen LogP) is 3.82. The van der Waals surface area contributed by atoms with Crippen molar-refractivity contribution >= 4 is 34.3 Å². The maximum Gasteiger partial charge on any atom is 0.166 e. The molecular formula is C18H18N4S2. The first-order valence-corrected chi connectivity index (χ1v) is 9.24. The van der Waals surface area contributed by atoms with Crippen LogP contribution in [-0.4, -0.2) is 30.3 Å². The Hall–Kier alpha value is -2.31. The topological polar surface area (TPSA) is 42.0 Å². The van der Waals surface area contributed by atoms with Gasteiger partial charge in [0, 0.05) is 20.3 Å². The van der Waals surface area contributed by atoms with Crippen LogP contribution in [0.3, 0.4) is 0 Å². The number of amidine groups is 1. The van der Waals surface area contributed by atoms with Gasteiger partial charge in [-0.2, -0.15) is 0 Å². The summed E-state index contributed by atoms with van der Waals surface area (Å²) in [6.07, 6.45) is 2.06. The van der Waals surface area contributed by atoms with Crippen molar-refractivity contribution < 1.29 is 0 Å². The molecule has 0 aliphatic heterocycles. The summed E-state index contributed by atoms with van der Waals surface area (Å²) in [6, 6.07) is 12.2.